The Balaban J connectivity index is 1.16. The predicted molar refractivity (Wildman–Crippen MR) is 154 cm³/mol. The highest BCUT2D eigenvalue weighted by Crippen LogP contribution is 2.33. The molecule has 1 saturated carbocycles. The van der Waals surface area contributed by atoms with E-state index in [4.69, 9.17) is 14.4 Å². The molecule has 0 spiro atoms. The number of aromatic nitrogens is 3. The lowest BCUT2D eigenvalue weighted by Crippen LogP contribution is -2.10. The molecule has 1 aliphatic carbocycles. The molecular weight excluding hydrogens is 554 g/mol. The Kier molecular flexibility index (Phi) is 6.92. The molecule has 0 N–H and O–H groups in total. The monoisotopic (exact) mass is 581 g/mol. The van der Waals surface area contributed by atoms with Crippen LogP contribution in [0.4, 0.5) is 0 Å². The van der Waals surface area contributed by atoms with Gasteiger partial charge in [0.1, 0.15) is 6.10 Å². The molecule has 3 aromatic carbocycles. The average Bonchev–Trinajstić information content (AvgIpc) is 3.61. The highest BCUT2D eigenvalue weighted by atomic mass is 79.9. The second-order valence-electron chi connectivity index (χ2n) is 10.0. The van der Waals surface area contributed by atoms with Crippen LogP contribution in [0.2, 0.25) is 0 Å². The summed E-state index contributed by atoms with van der Waals surface area (Å²) in [6.07, 6.45) is 3.64. The summed E-state index contributed by atoms with van der Waals surface area (Å²) in [5.41, 5.74) is 7.99. The van der Waals surface area contributed by atoms with Gasteiger partial charge < -0.3 is 9.26 Å². The summed E-state index contributed by atoms with van der Waals surface area (Å²) in [5.74, 6) is 0.774. The molecule has 2 aromatic heterocycles. The van der Waals surface area contributed by atoms with E-state index in [9.17, 15) is 4.79 Å². The smallest absolute Gasteiger partial charge is 0.309 e. The Morgan fingerprint density at radius 2 is 1.56 bits per heavy atom. The fourth-order valence-corrected chi connectivity index (χ4v) is 4.87. The van der Waals surface area contributed by atoms with Crippen LogP contribution in [0.1, 0.15) is 42.7 Å². The van der Waals surface area contributed by atoms with Gasteiger partial charge in [0.05, 0.1) is 23.9 Å². The van der Waals surface area contributed by atoms with Gasteiger partial charge in [0.15, 0.2) is 5.76 Å². The van der Waals surface area contributed by atoms with Gasteiger partial charge in [-0.15, -0.1) is 0 Å². The van der Waals surface area contributed by atoms with E-state index in [-0.39, 0.29) is 18.0 Å². The summed E-state index contributed by atoms with van der Waals surface area (Å²) in [7, 11) is 0. The first-order chi connectivity index (χ1) is 18.9. The van der Waals surface area contributed by atoms with Gasteiger partial charge in [-0.3, -0.25) is 9.48 Å². The standard InChI is InChI=1S/C32H28BrN3O3/c1-20-29(19-36-18-17-30(34-36)25-13-15-28(33)16-14-25)31(39-35-20)26-9-7-24(8-10-26)23-5-3-22(4-6-23)21(2)38-32(37)27-11-12-27/h3-10,13-18,21,27H,11-12,19H2,1-2H3. The van der Waals surface area contributed by atoms with E-state index in [2.05, 4.69) is 57.5 Å². The van der Waals surface area contributed by atoms with Crippen molar-refractivity contribution in [2.24, 2.45) is 5.92 Å². The van der Waals surface area contributed by atoms with Crippen molar-refractivity contribution in [1.29, 1.82) is 0 Å². The molecule has 1 aliphatic rings. The molecule has 2 heterocycles. The molecule has 1 unspecified atom stereocenters. The number of aryl methyl sites for hydroxylation is 1. The highest BCUT2D eigenvalue weighted by Gasteiger charge is 2.32. The predicted octanol–water partition coefficient (Wildman–Crippen LogP) is 8.01. The van der Waals surface area contributed by atoms with Gasteiger partial charge in [0.2, 0.25) is 0 Å². The van der Waals surface area contributed by atoms with Gasteiger partial charge in [-0.25, -0.2) is 0 Å². The number of benzene rings is 3. The molecule has 0 radical (unpaired) electrons. The molecule has 0 aliphatic heterocycles. The minimum atomic E-state index is -0.247. The van der Waals surface area contributed by atoms with E-state index in [1.807, 2.05) is 67.2 Å². The maximum Gasteiger partial charge on any atom is 0.309 e. The minimum Gasteiger partial charge on any atom is -0.458 e. The highest BCUT2D eigenvalue weighted by molar-refractivity contribution is 9.10. The van der Waals surface area contributed by atoms with Gasteiger partial charge >= 0.3 is 5.97 Å². The van der Waals surface area contributed by atoms with Gasteiger partial charge in [0, 0.05) is 27.4 Å². The third kappa shape index (κ3) is 5.59. The largest absolute Gasteiger partial charge is 0.458 e. The number of carbonyl (C=O) groups excluding carboxylic acids is 1. The zero-order chi connectivity index (χ0) is 26.9. The molecule has 6 nitrogen and oxygen atoms in total. The van der Waals surface area contributed by atoms with Crippen LogP contribution in [0.25, 0.3) is 33.7 Å². The maximum absolute atomic E-state index is 12.0. The second-order valence-corrected chi connectivity index (χ2v) is 10.9. The number of hydrogen-bond acceptors (Lipinski definition) is 5. The lowest BCUT2D eigenvalue weighted by atomic mass is 9.99. The van der Waals surface area contributed by atoms with Gasteiger partial charge in [-0.1, -0.05) is 81.8 Å². The zero-order valence-electron chi connectivity index (χ0n) is 21.8. The van der Waals surface area contributed by atoms with Crippen LogP contribution < -0.4 is 0 Å². The summed E-state index contributed by atoms with van der Waals surface area (Å²) >= 11 is 3.48. The molecular formula is C32H28BrN3O3. The molecule has 1 atom stereocenters. The first-order valence-electron chi connectivity index (χ1n) is 13.1. The van der Waals surface area contributed by atoms with Gasteiger partial charge in [-0.05, 0) is 61.6 Å². The van der Waals surface area contributed by atoms with E-state index in [1.54, 1.807) is 0 Å². The van der Waals surface area contributed by atoms with E-state index in [0.717, 1.165) is 67.8 Å². The van der Waals surface area contributed by atoms with Crippen molar-refractivity contribution in [1.82, 2.24) is 14.9 Å². The third-order valence-corrected chi connectivity index (χ3v) is 7.68. The Morgan fingerprint density at radius 3 is 2.23 bits per heavy atom. The Morgan fingerprint density at radius 1 is 0.949 bits per heavy atom. The van der Waals surface area contributed by atoms with E-state index in [0.29, 0.717) is 6.54 Å². The van der Waals surface area contributed by atoms with Crippen LogP contribution in [0, 0.1) is 12.8 Å². The summed E-state index contributed by atoms with van der Waals surface area (Å²) in [5, 5.41) is 9.01. The topological polar surface area (TPSA) is 70.2 Å². The number of nitrogens with zero attached hydrogens (tertiary/aromatic N) is 3. The number of ether oxygens (including phenoxy) is 1. The van der Waals surface area contributed by atoms with Crippen molar-refractivity contribution in [2.75, 3.05) is 0 Å². The number of hydrogen-bond donors (Lipinski definition) is 0. The molecule has 39 heavy (non-hydrogen) atoms. The maximum atomic E-state index is 12.0. The molecule has 0 bridgehead atoms. The second kappa shape index (κ2) is 10.7. The zero-order valence-corrected chi connectivity index (χ0v) is 23.4. The Hall–Kier alpha value is -3.97. The first kappa shape index (κ1) is 25.3. The number of halogens is 1. The summed E-state index contributed by atoms with van der Waals surface area (Å²) in [6, 6.07) is 26.6. The van der Waals surface area contributed by atoms with Crippen LogP contribution in [-0.4, -0.2) is 20.9 Å². The Bertz CT molecular complexity index is 1600. The van der Waals surface area contributed by atoms with Crippen LogP contribution in [-0.2, 0) is 16.1 Å². The third-order valence-electron chi connectivity index (χ3n) is 7.15. The summed E-state index contributed by atoms with van der Waals surface area (Å²) in [4.78, 5) is 12.0. The van der Waals surface area contributed by atoms with Crippen LogP contribution in [0.15, 0.2) is 94.1 Å². The average molecular weight is 582 g/mol. The summed E-state index contributed by atoms with van der Waals surface area (Å²) < 4.78 is 14.3. The number of carbonyl (C=O) groups is 1. The van der Waals surface area contributed by atoms with Gasteiger partial charge in [0.25, 0.3) is 0 Å². The fraction of sp³-hybridized carbons (Fsp3) is 0.219. The molecule has 0 amide bonds. The van der Waals surface area contributed by atoms with Crippen molar-refractivity contribution < 1.29 is 14.1 Å². The van der Waals surface area contributed by atoms with E-state index in [1.165, 1.54) is 0 Å². The summed E-state index contributed by atoms with van der Waals surface area (Å²) in [6.45, 7) is 4.44. The van der Waals surface area contributed by atoms with Crippen molar-refractivity contribution in [3.05, 3.63) is 106 Å². The quantitative estimate of drug-likeness (QED) is 0.173. The van der Waals surface area contributed by atoms with Crippen LogP contribution in [0.3, 0.4) is 0 Å². The normalized spacial score (nSPS) is 13.8. The molecule has 6 rings (SSSR count). The van der Waals surface area contributed by atoms with E-state index >= 15 is 0 Å². The van der Waals surface area contributed by atoms with Crippen molar-refractivity contribution >= 4 is 21.9 Å². The Labute approximate surface area is 235 Å². The van der Waals surface area contributed by atoms with Crippen LogP contribution >= 0.6 is 15.9 Å². The molecule has 1 fully saturated rings. The number of esters is 1. The van der Waals surface area contributed by atoms with Gasteiger partial charge in [-0.2, -0.15) is 5.10 Å². The molecule has 196 valence electrons. The van der Waals surface area contributed by atoms with Crippen molar-refractivity contribution in [2.45, 2.75) is 39.3 Å². The fourth-order valence-electron chi connectivity index (χ4n) is 4.61. The lowest BCUT2D eigenvalue weighted by Gasteiger charge is -2.14. The minimum absolute atomic E-state index is 0.0817. The van der Waals surface area contributed by atoms with E-state index < -0.39 is 0 Å². The molecule has 7 heteroatoms. The van der Waals surface area contributed by atoms with Crippen molar-refractivity contribution in [3.8, 4) is 33.7 Å². The SMILES string of the molecule is Cc1noc(-c2ccc(-c3ccc(C(C)OC(=O)C4CC4)cc3)cc2)c1Cn1ccc(-c2ccc(Br)cc2)n1. The number of rotatable bonds is 8. The lowest BCUT2D eigenvalue weighted by molar-refractivity contribution is -0.150. The van der Waals surface area contributed by atoms with Crippen molar-refractivity contribution in [3.63, 3.8) is 0 Å². The first-order valence-corrected chi connectivity index (χ1v) is 13.9. The molecule has 0 saturated heterocycles. The van der Waals surface area contributed by atoms with Crippen LogP contribution in [0.5, 0.6) is 0 Å². The molecule has 5 aromatic rings.